The molecule has 5 aromatic rings. The van der Waals surface area contributed by atoms with Gasteiger partial charge in [0.15, 0.2) is 0 Å². The number of hydrogen-bond acceptors (Lipinski definition) is 5. The van der Waals surface area contributed by atoms with E-state index in [1.165, 1.54) is 9.20 Å². The Morgan fingerprint density at radius 2 is 1.85 bits per heavy atom. The van der Waals surface area contributed by atoms with Gasteiger partial charge >= 0.3 is 0 Å². The van der Waals surface area contributed by atoms with Gasteiger partial charge in [0.1, 0.15) is 11.3 Å². The van der Waals surface area contributed by atoms with Crippen molar-refractivity contribution in [2.24, 2.45) is 0 Å². The molecule has 9 heteroatoms. The summed E-state index contributed by atoms with van der Waals surface area (Å²) in [6.45, 7) is 3.54. The molecule has 2 aromatic carbocycles. The number of nitrogens with one attached hydrogen (secondary N) is 1. The minimum absolute atomic E-state index is 0.302. The Morgan fingerprint density at radius 3 is 2.64 bits per heavy atom. The zero-order valence-corrected chi connectivity index (χ0v) is 18.6. The van der Waals surface area contributed by atoms with Crippen LogP contribution in [0.25, 0.3) is 22.1 Å². The monoisotopic (exact) mass is 458 g/mol. The van der Waals surface area contributed by atoms with E-state index in [9.17, 15) is 9.59 Å². The second-order valence-electron chi connectivity index (χ2n) is 7.63. The Hall–Kier alpha value is -4.04. The first kappa shape index (κ1) is 20.8. The quantitative estimate of drug-likeness (QED) is 0.441. The SMILES string of the molecule is Cc1nn2ncccc2c1C(=O)N[C@@H](C)c1nc2cccc(Cl)c2c(=O)n1-c1ccccc1. The first-order valence-electron chi connectivity index (χ1n) is 10.3. The first-order chi connectivity index (χ1) is 16.0. The third-order valence-electron chi connectivity index (χ3n) is 5.44. The molecular weight excluding hydrogens is 440 g/mol. The van der Waals surface area contributed by atoms with Gasteiger partial charge in [-0.25, -0.2) is 4.98 Å². The van der Waals surface area contributed by atoms with Crippen LogP contribution in [0.4, 0.5) is 0 Å². The number of para-hydroxylation sites is 1. The van der Waals surface area contributed by atoms with E-state index in [-0.39, 0.29) is 11.5 Å². The van der Waals surface area contributed by atoms with E-state index in [1.807, 2.05) is 30.3 Å². The summed E-state index contributed by atoms with van der Waals surface area (Å²) in [4.78, 5) is 31.5. The third kappa shape index (κ3) is 3.54. The van der Waals surface area contributed by atoms with Crippen LogP contribution in [0.1, 0.15) is 34.8 Å². The second kappa shape index (κ2) is 8.14. The van der Waals surface area contributed by atoms with Crippen molar-refractivity contribution in [1.82, 2.24) is 29.7 Å². The van der Waals surface area contributed by atoms with Crippen molar-refractivity contribution in [3.63, 3.8) is 0 Å². The molecule has 8 nitrogen and oxygen atoms in total. The van der Waals surface area contributed by atoms with Crippen molar-refractivity contribution < 1.29 is 4.79 Å². The van der Waals surface area contributed by atoms with Crippen LogP contribution in [-0.2, 0) is 0 Å². The number of hydrogen-bond donors (Lipinski definition) is 1. The van der Waals surface area contributed by atoms with Gasteiger partial charge in [-0.2, -0.15) is 14.8 Å². The van der Waals surface area contributed by atoms with Gasteiger partial charge in [0.05, 0.1) is 38.9 Å². The summed E-state index contributed by atoms with van der Waals surface area (Å²) in [5.74, 6) is 0.0598. The van der Waals surface area contributed by atoms with E-state index >= 15 is 0 Å². The highest BCUT2D eigenvalue weighted by Gasteiger charge is 2.24. The molecule has 0 bridgehead atoms. The number of fused-ring (bicyclic) bond motifs is 2. The van der Waals surface area contributed by atoms with Gasteiger partial charge in [0.2, 0.25) is 0 Å². The minimum atomic E-state index is -0.597. The lowest BCUT2D eigenvalue weighted by molar-refractivity contribution is 0.0939. The van der Waals surface area contributed by atoms with E-state index in [2.05, 4.69) is 15.5 Å². The average Bonchev–Trinajstić information content (AvgIpc) is 3.15. The molecule has 0 spiro atoms. The number of rotatable bonds is 4. The zero-order valence-electron chi connectivity index (χ0n) is 17.9. The molecule has 164 valence electrons. The number of aryl methyl sites for hydroxylation is 1. The number of carbonyl (C=O) groups is 1. The smallest absolute Gasteiger partial charge is 0.267 e. The third-order valence-corrected chi connectivity index (χ3v) is 5.76. The average molecular weight is 459 g/mol. The molecule has 3 heterocycles. The van der Waals surface area contributed by atoms with E-state index in [4.69, 9.17) is 16.6 Å². The van der Waals surface area contributed by atoms with Crippen molar-refractivity contribution in [1.29, 1.82) is 0 Å². The lowest BCUT2D eigenvalue weighted by Gasteiger charge is -2.20. The van der Waals surface area contributed by atoms with Crippen molar-refractivity contribution in [2.45, 2.75) is 19.9 Å². The molecule has 1 atom stereocenters. The Labute approximate surface area is 193 Å². The van der Waals surface area contributed by atoms with Crippen LogP contribution in [-0.4, -0.2) is 30.3 Å². The first-order valence-corrected chi connectivity index (χ1v) is 10.7. The molecule has 0 saturated heterocycles. The minimum Gasteiger partial charge on any atom is -0.342 e. The van der Waals surface area contributed by atoms with Gasteiger partial charge in [-0.3, -0.25) is 14.2 Å². The maximum absolute atomic E-state index is 13.5. The molecule has 0 aliphatic carbocycles. The van der Waals surface area contributed by atoms with Crippen LogP contribution < -0.4 is 10.9 Å². The predicted octanol–water partition coefficient (Wildman–Crippen LogP) is 3.88. The van der Waals surface area contributed by atoms with E-state index in [1.54, 1.807) is 50.4 Å². The fourth-order valence-electron chi connectivity index (χ4n) is 3.94. The fourth-order valence-corrected chi connectivity index (χ4v) is 4.19. The molecule has 0 saturated carbocycles. The molecule has 3 aromatic heterocycles. The zero-order chi connectivity index (χ0) is 23.1. The maximum atomic E-state index is 13.5. The van der Waals surface area contributed by atoms with Crippen LogP contribution >= 0.6 is 11.6 Å². The van der Waals surface area contributed by atoms with Gasteiger partial charge < -0.3 is 5.32 Å². The number of nitrogens with zero attached hydrogens (tertiary/aromatic N) is 5. The van der Waals surface area contributed by atoms with Gasteiger partial charge in [-0.05, 0) is 50.2 Å². The Morgan fingerprint density at radius 1 is 1.06 bits per heavy atom. The molecule has 0 unspecified atom stereocenters. The highest BCUT2D eigenvalue weighted by Crippen LogP contribution is 2.23. The number of aromatic nitrogens is 5. The summed E-state index contributed by atoms with van der Waals surface area (Å²) in [5, 5.41) is 12.1. The topological polar surface area (TPSA) is 94.2 Å². The van der Waals surface area contributed by atoms with Crippen LogP contribution in [0, 0.1) is 6.92 Å². The molecular formula is C24H19ClN6O2. The maximum Gasteiger partial charge on any atom is 0.267 e. The summed E-state index contributed by atoms with van der Waals surface area (Å²) in [6, 6.07) is 17.2. The van der Waals surface area contributed by atoms with Gasteiger partial charge in [-0.15, -0.1) is 0 Å². The van der Waals surface area contributed by atoms with Crippen molar-refractivity contribution >= 4 is 33.9 Å². The van der Waals surface area contributed by atoms with Gasteiger partial charge in [0.25, 0.3) is 11.5 Å². The largest absolute Gasteiger partial charge is 0.342 e. The molecule has 0 radical (unpaired) electrons. The lowest BCUT2D eigenvalue weighted by atomic mass is 10.1. The normalized spacial score (nSPS) is 12.2. The van der Waals surface area contributed by atoms with E-state index in [0.717, 1.165) is 0 Å². The highest BCUT2D eigenvalue weighted by atomic mass is 35.5. The van der Waals surface area contributed by atoms with Crippen molar-refractivity contribution in [2.75, 3.05) is 0 Å². The van der Waals surface area contributed by atoms with Crippen LogP contribution in [0.2, 0.25) is 5.02 Å². The second-order valence-corrected chi connectivity index (χ2v) is 8.04. The Bertz CT molecular complexity index is 1580. The summed E-state index contributed by atoms with van der Waals surface area (Å²) >= 11 is 6.34. The van der Waals surface area contributed by atoms with Gasteiger partial charge in [-0.1, -0.05) is 35.9 Å². The van der Waals surface area contributed by atoms with Crippen LogP contribution in [0.3, 0.4) is 0 Å². The molecule has 0 aliphatic rings. The Kier molecular flexibility index (Phi) is 5.14. The van der Waals surface area contributed by atoms with Crippen LogP contribution in [0.15, 0.2) is 71.7 Å². The number of carbonyl (C=O) groups excluding carboxylic acids is 1. The molecule has 1 amide bonds. The number of amides is 1. The summed E-state index contributed by atoms with van der Waals surface area (Å²) in [5.41, 5.74) is 2.36. The summed E-state index contributed by atoms with van der Waals surface area (Å²) < 4.78 is 2.91. The predicted molar refractivity (Wildman–Crippen MR) is 126 cm³/mol. The van der Waals surface area contributed by atoms with Crippen molar-refractivity contribution in [3.8, 4) is 5.69 Å². The van der Waals surface area contributed by atoms with Crippen LogP contribution in [0.5, 0.6) is 0 Å². The number of benzene rings is 2. The fraction of sp³-hybridized carbons (Fsp3) is 0.125. The molecule has 1 N–H and O–H groups in total. The molecule has 33 heavy (non-hydrogen) atoms. The molecule has 0 fully saturated rings. The van der Waals surface area contributed by atoms with Crippen molar-refractivity contribution in [3.05, 3.63) is 99.3 Å². The standard InChI is InChI=1S/C24H19ClN6O2/c1-14-20(19-12-7-13-26-31(19)29-14)23(32)27-15(2)22-28-18-11-6-10-17(25)21(18)24(33)30(22)16-8-4-3-5-9-16/h3-13,15H,1-2H3,(H,27,32)/t15-/m0/s1. The molecule has 5 rings (SSSR count). The van der Waals surface area contributed by atoms with E-state index in [0.29, 0.717) is 44.2 Å². The molecule has 0 aliphatic heterocycles. The van der Waals surface area contributed by atoms with E-state index < -0.39 is 6.04 Å². The van der Waals surface area contributed by atoms with Gasteiger partial charge in [0, 0.05) is 6.20 Å². The summed E-state index contributed by atoms with van der Waals surface area (Å²) in [6.07, 6.45) is 1.60. The highest BCUT2D eigenvalue weighted by molar-refractivity contribution is 6.35. The number of halogens is 1. The lowest BCUT2D eigenvalue weighted by Crippen LogP contribution is -2.33. The summed E-state index contributed by atoms with van der Waals surface area (Å²) in [7, 11) is 0. The Balaban J connectivity index is 1.64.